The minimum Gasteiger partial charge on any atom is -0.351 e. The molecule has 0 saturated heterocycles. The van der Waals surface area contributed by atoms with Gasteiger partial charge in [0, 0.05) is 36.2 Å². The van der Waals surface area contributed by atoms with E-state index >= 15 is 0 Å². The fourth-order valence-corrected chi connectivity index (χ4v) is 2.74. The second-order valence-electron chi connectivity index (χ2n) is 4.87. The molecule has 0 saturated carbocycles. The molecule has 0 aliphatic rings. The molecule has 1 N–H and O–H groups in total. The van der Waals surface area contributed by atoms with Gasteiger partial charge >= 0.3 is 0 Å². The highest BCUT2D eigenvalue weighted by molar-refractivity contribution is 8.00. The number of hydrogen-bond donors (Lipinski definition) is 1. The van der Waals surface area contributed by atoms with Crippen LogP contribution in [0.25, 0.3) is 5.69 Å². The number of hydrogen-bond acceptors (Lipinski definition) is 4. The van der Waals surface area contributed by atoms with Crippen LogP contribution in [0.3, 0.4) is 0 Å². The number of nitrogens with zero attached hydrogens (tertiary/aromatic N) is 3. The van der Waals surface area contributed by atoms with E-state index in [-0.39, 0.29) is 5.91 Å². The van der Waals surface area contributed by atoms with Gasteiger partial charge in [-0.15, -0.1) is 11.8 Å². The lowest BCUT2D eigenvalue weighted by Gasteiger charge is -2.07. The molecule has 3 rings (SSSR count). The van der Waals surface area contributed by atoms with Crippen molar-refractivity contribution in [2.75, 3.05) is 5.75 Å². The largest absolute Gasteiger partial charge is 0.351 e. The lowest BCUT2D eigenvalue weighted by molar-refractivity contribution is -0.118. The molecule has 0 spiro atoms. The van der Waals surface area contributed by atoms with Crippen molar-refractivity contribution in [3.05, 3.63) is 72.8 Å². The zero-order valence-corrected chi connectivity index (χ0v) is 13.2. The average Bonchev–Trinajstić information content (AvgIpc) is 3.14. The summed E-state index contributed by atoms with van der Waals surface area (Å²) in [7, 11) is 0. The number of nitrogens with one attached hydrogen (secondary N) is 1. The van der Waals surface area contributed by atoms with E-state index < -0.39 is 0 Å². The first-order valence-corrected chi connectivity index (χ1v) is 8.18. The van der Waals surface area contributed by atoms with Crippen LogP contribution >= 0.6 is 11.8 Å². The summed E-state index contributed by atoms with van der Waals surface area (Å²) in [6.07, 6.45) is 7.09. The van der Waals surface area contributed by atoms with Crippen LogP contribution in [0.2, 0.25) is 0 Å². The van der Waals surface area contributed by atoms with E-state index in [0.29, 0.717) is 12.3 Å². The van der Waals surface area contributed by atoms with E-state index in [0.717, 1.165) is 16.1 Å². The van der Waals surface area contributed by atoms with Crippen LogP contribution < -0.4 is 5.32 Å². The zero-order valence-electron chi connectivity index (χ0n) is 12.4. The molecule has 6 heteroatoms. The summed E-state index contributed by atoms with van der Waals surface area (Å²) in [5.41, 5.74) is 2.06. The van der Waals surface area contributed by atoms with Gasteiger partial charge in [0.15, 0.2) is 0 Å². The summed E-state index contributed by atoms with van der Waals surface area (Å²) in [5.74, 6) is 0.415. The summed E-state index contributed by atoms with van der Waals surface area (Å²) in [6, 6.07) is 13.6. The Morgan fingerprint density at radius 2 is 1.87 bits per heavy atom. The van der Waals surface area contributed by atoms with Crippen molar-refractivity contribution in [1.82, 2.24) is 20.1 Å². The van der Waals surface area contributed by atoms with Crippen molar-refractivity contribution in [1.29, 1.82) is 0 Å². The van der Waals surface area contributed by atoms with Crippen molar-refractivity contribution in [3.8, 4) is 5.69 Å². The third-order valence-electron chi connectivity index (χ3n) is 3.21. The molecule has 1 aromatic carbocycles. The molecule has 0 aliphatic carbocycles. The molecular weight excluding hydrogens is 308 g/mol. The first kappa shape index (κ1) is 15.3. The zero-order chi connectivity index (χ0) is 15.9. The Morgan fingerprint density at radius 3 is 2.57 bits per heavy atom. The maximum atomic E-state index is 11.9. The maximum Gasteiger partial charge on any atom is 0.230 e. The lowest BCUT2D eigenvalue weighted by atomic mass is 10.2. The molecule has 2 heterocycles. The molecule has 5 nitrogen and oxygen atoms in total. The second-order valence-corrected chi connectivity index (χ2v) is 5.91. The summed E-state index contributed by atoms with van der Waals surface area (Å²) in [4.78, 5) is 16.9. The Kier molecular flexibility index (Phi) is 5.06. The monoisotopic (exact) mass is 324 g/mol. The standard InChI is InChI=1S/C17H16N4OS/c22-17(13-23-16-6-9-18-10-7-16)19-12-14-2-4-15(5-3-14)21-11-1-8-20-21/h1-11H,12-13H2,(H,19,22). The van der Waals surface area contributed by atoms with Crippen molar-refractivity contribution in [2.24, 2.45) is 0 Å². The van der Waals surface area contributed by atoms with Crippen LogP contribution in [0.1, 0.15) is 5.56 Å². The van der Waals surface area contributed by atoms with Gasteiger partial charge in [-0.3, -0.25) is 9.78 Å². The first-order valence-electron chi connectivity index (χ1n) is 7.20. The Morgan fingerprint density at radius 1 is 1.09 bits per heavy atom. The van der Waals surface area contributed by atoms with Gasteiger partial charge in [-0.1, -0.05) is 12.1 Å². The first-order chi connectivity index (χ1) is 11.3. The van der Waals surface area contributed by atoms with E-state index in [9.17, 15) is 4.79 Å². The second kappa shape index (κ2) is 7.60. The lowest BCUT2D eigenvalue weighted by Crippen LogP contribution is -2.24. The van der Waals surface area contributed by atoms with Gasteiger partial charge in [-0.2, -0.15) is 5.10 Å². The number of pyridine rings is 1. The van der Waals surface area contributed by atoms with E-state index in [1.165, 1.54) is 11.8 Å². The van der Waals surface area contributed by atoms with E-state index in [1.54, 1.807) is 23.3 Å². The van der Waals surface area contributed by atoms with Gasteiger partial charge in [-0.05, 0) is 35.9 Å². The van der Waals surface area contributed by atoms with Crippen LogP contribution in [0, 0.1) is 0 Å². The third-order valence-corrected chi connectivity index (χ3v) is 4.23. The normalized spacial score (nSPS) is 10.4. The summed E-state index contributed by atoms with van der Waals surface area (Å²) in [5, 5.41) is 7.11. The molecule has 116 valence electrons. The highest BCUT2D eigenvalue weighted by atomic mass is 32.2. The van der Waals surface area contributed by atoms with Gasteiger partial charge in [0.2, 0.25) is 5.91 Å². The van der Waals surface area contributed by atoms with Crippen LogP contribution in [0.15, 0.2) is 72.1 Å². The molecule has 0 fully saturated rings. The van der Waals surface area contributed by atoms with Crippen molar-refractivity contribution in [3.63, 3.8) is 0 Å². The summed E-state index contributed by atoms with van der Waals surface area (Å²) < 4.78 is 1.80. The minimum atomic E-state index is 0.0166. The number of thioether (sulfide) groups is 1. The molecule has 1 amide bonds. The minimum absolute atomic E-state index is 0.0166. The smallest absolute Gasteiger partial charge is 0.230 e. The summed E-state index contributed by atoms with van der Waals surface area (Å²) in [6.45, 7) is 0.523. The van der Waals surface area contributed by atoms with Crippen molar-refractivity contribution >= 4 is 17.7 Å². The van der Waals surface area contributed by atoms with Gasteiger partial charge in [0.1, 0.15) is 0 Å². The van der Waals surface area contributed by atoms with Crippen LogP contribution in [0.5, 0.6) is 0 Å². The Balaban J connectivity index is 1.47. The molecule has 0 unspecified atom stereocenters. The van der Waals surface area contributed by atoms with Gasteiger partial charge in [-0.25, -0.2) is 4.68 Å². The molecule has 2 aromatic heterocycles. The molecule has 23 heavy (non-hydrogen) atoms. The van der Waals surface area contributed by atoms with Gasteiger partial charge in [0.25, 0.3) is 0 Å². The number of carbonyl (C=O) groups is 1. The predicted octanol–water partition coefficient (Wildman–Crippen LogP) is 2.68. The van der Waals surface area contributed by atoms with Gasteiger partial charge in [0.05, 0.1) is 11.4 Å². The predicted molar refractivity (Wildman–Crippen MR) is 90.4 cm³/mol. The highest BCUT2D eigenvalue weighted by Gasteiger charge is 2.03. The quantitative estimate of drug-likeness (QED) is 0.708. The molecular formula is C17H16N4OS. The molecule has 0 aliphatic heterocycles. The number of carbonyl (C=O) groups excluding carboxylic acids is 1. The fourth-order valence-electron chi connectivity index (χ4n) is 2.02. The van der Waals surface area contributed by atoms with Crippen LogP contribution in [-0.4, -0.2) is 26.4 Å². The van der Waals surface area contributed by atoms with E-state index in [1.807, 2.05) is 48.7 Å². The van der Waals surface area contributed by atoms with E-state index in [2.05, 4.69) is 15.4 Å². The Labute approximate surface area is 138 Å². The van der Waals surface area contributed by atoms with Gasteiger partial charge < -0.3 is 5.32 Å². The van der Waals surface area contributed by atoms with Crippen LogP contribution in [-0.2, 0) is 11.3 Å². The van der Waals surface area contributed by atoms with E-state index in [4.69, 9.17) is 0 Å². The Hall–Kier alpha value is -2.60. The number of aromatic nitrogens is 3. The maximum absolute atomic E-state index is 11.9. The Bertz CT molecular complexity index is 742. The summed E-state index contributed by atoms with van der Waals surface area (Å²) >= 11 is 1.50. The molecule has 0 radical (unpaired) electrons. The number of rotatable bonds is 6. The third kappa shape index (κ3) is 4.43. The SMILES string of the molecule is O=C(CSc1ccncc1)NCc1ccc(-n2cccn2)cc1. The number of amides is 1. The number of benzene rings is 1. The topological polar surface area (TPSA) is 59.8 Å². The molecule has 3 aromatic rings. The molecule has 0 bridgehead atoms. The fraction of sp³-hybridized carbons (Fsp3) is 0.118. The highest BCUT2D eigenvalue weighted by Crippen LogP contribution is 2.15. The average molecular weight is 324 g/mol. The van der Waals surface area contributed by atoms with Crippen molar-refractivity contribution in [2.45, 2.75) is 11.4 Å². The van der Waals surface area contributed by atoms with Crippen molar-refractivity contribution < 1.29 is 4.79 Å². The van der Waals surface area contributed by atoms with Crippen LogP contribution in [0.4, 0.5) is 0 Å². The molecule has 0 atom stereocenters.